The van der Waals surface area contributed by atoms with Crippen molar-refractivity contribution >= 4 is 18.3 Å². The Morgan fingerprint density at radius 2 is 2.12 bits per heavy atom. The largest absolute Gasteiger partial charge is 0.364 e. The molecule has 0 aliphatic carbocycles. The number of nitrogens with zero attached hydrogens (tertiary/aromatic N) is 1. The smallest absolute Gasteiger partial charge is 0.251 e. The molecule has 0 bridgehead atoms. The van der Waals surface area contributed by atoms with E-state index in [-0.39, 0.29) is 30.5 Å². The average Bonchev–Trinajstić information content (AvgIpc) is 2.77. The van der Waals surface area contributed by atoms with Gasteiger partial charge in [0.2, 0.25) is 0 Å². The van der Waals surface area contributed by atoms with Crippen molar-refractivity contribution < 1.29 is 9.53 Å². The highest BCUT2D eigenvalue weighted by Gasteiger charge is 2.35. The number of hydrogen-bond donors (Lipinski definition) is 1. The van der Waals surface area contributed by atoms with Crippen LogP contribution in [0.3, 0.4) is 0 Å². The topological polar surface area (TPSA) is 55.6 Å². The van der Waals surface area contributed by atoms with Crippen molar-refractivity contribution in [2.75, 3.05) is 13.1 Å². The number of piperidine rings is 1. The van der Waals surface area contributed by atoms with E-state index in [9.17, 15) is 4.79 Å². The monoisotopic (exact) mass is 262 g/mol. The lowest BCUT2D eigenvalue weighted by molar-refractivity contribution is -0.146. The number of amides is 1. The van der Waals surface area contributed by atoms with Gasteiger partial charge >= 0.3 is 0 Å². The maximum Gasteiger partial charge on any atom is 0.251 e. The van der Waals surface area contributed by atoms with Gasteiger partial charge in [-0.3, -0.25) is 4.79 Å². The van der Waals surface area contributed by atoms with Crippen molar-refractivity contribution in [3.8, 4) is 0 Å². The molecule has 2 heterocycles. The predicted molar refractivity (Wildman–Crippen MR) is 69.2 cm³/mol. The van der Waals surface area contributed by atoms with Gasteiger partial charge in [0.05, 0.1) is 6.10 Å². The van der Waals surface area contributed by atoms with Crippen LogP contribution in [0, 0.1) is 0 Å². The van der Waals surface area contributed by atoms with Gasteiger partial charge in [0.15, 0.2) is 0 Å². The molecule has 0 radical (unpaired) electrons. The second kappa shape index (κ2) is 6.57. The predicted octanol–water partition coefficient (Wildman–Crippen LogP) is 1.32. The number of ether oxygens (including phenoxy) is 1. The third kappa shape index (κ3) is 3.33. The van der Waals surface area contributed by atoms with Crippen molar-refractivity contribution in [2.24, 2.45) is 5.73 Å². The van der Waals surface area contributed by atoms with Crippen LogP contribution in [0.2, 0.25) is 0 Å². The van der Waals surface area contributed by atoms with Gasteiger partial charge in [0.25, 0.3) is 5.91 Å². The van der Waals surface area contributed by atoms with Crippen LogP contribution in [0.5, 0.6) is 0 Å². The number of carbonyl (C=O) groups is 1. The van der Waals surface area contributed by atoms with Gasteiger partial charge < -0.3 is 15.4 Å². The number of hydrogen-bond acceptors (Lipinski definition) is 3. The third-order valence-corrected chi connectivity index (χ3v) is 3.73. The first kappa shape index (κ1) is 14.7. The summed E-state index contributed by atoms with van der Waals surface area (Å²) < 4.78 is 5.66. The molecule has 3 atom stereocenters. The van der Waals surface area contributed by atoms with E-state index >= 15 is 0 Å². The average molecular weight is 263 g/mol. The Balaban J connectivity index is 0.00000144. The molecule has 0 saturated carbocycles. The van der Waals surface area contributed by atoms with Crippen molar-refractivity contribution in [1.82, 2.24) is 4.90 Å². The molecule has 2 aliphatic rings. The van der Waals surface area contributed by atoms with Crippen molar-refractivity contribution in [3.63, 3.8) is 0 Å². The van der Waals surface area contributed by atoms with Gasteiger partial charge in [0, 0.05) is 19.1 Å². The van der Waals surface area contributed by atoms with Gasteiger partial charge in [-0.05, 0) is 39.0 Å². The van der Waals surface area contributed by atoms with Gasteiger partial charge in [0.1, 0.15) is 6.10 Å². The van der Waals surface area contributed by atoms with E-state index in [4.69, 9.17) is 10.5 Å². The van der Waals surface area contributed by atoms with Crippen LogP contribution < -0.4 is 5.73 Å². The molecule has 5 heteroatoms. The highest BCUT2D eigenvalue weighted by Crippen LogP contribution is 2.24. The van der Waals surface area contributed by atoms with E-state index in [0.29, 0.717) is 12.6 Å². The molecule has 0 aromatic carbocycles. The molecule has 2 N–H and O–H groups in total. The summed E-state index contributed by atoms with van der Waals surface area (Å²) >= 11 is 0. The molecule has 2 aliphatic heterocycles. The molecule has 2 fully saturated rings. The van der Waals surface area contributed by atoms with Crippen molar-refractivity contribution in [3.05, 3.63) is 0 Å². The molecule has 2 rings (SSSR count). The van der Waals surface area contributed by atoms with E-state index in [0.717, 1.165) is 32.2 Å². The van der Waals surface area contributed by atoms with Crippen LogP contribution in [0.15, 0.2) is 0 Å². The molecular formula is C12H23ClN2O2. The minimum Gasteiger partial charge on any atom is -0.364 e. The van der Waals surface area contributed by atoms with Crippen LogP contribution in [-0.4, -0.2) is 42.1 Å². The number of likely N-dealkylation sites (tertiary alicyclic amines) is 1. The Morgan fingerprint density at radius 3 is 2.71 bits per heavy atom. The molecule has 0 aromatic heterocycles. The van der Waals surface area contributed by atoms with Crippen LogP contribution in [-0.2, 0) is 9.53 Å². The van der Waals surface area contributed by atoms with Gasteiger partial charge in [-0.15, -0.1) is 12.4 Å². The molecule has 1 unspecified atom stereocenters. The Labute approximate surface area is 109 Å². The fraction of sp³-hybridized carbons (Fsp3) is 0.917. The van der Waals surface area contributed by atoms with Gasteiger partial charge in [-0.25, -0.2) is 0 Å². The number of rotatable bonds is 2. The lowest BCUT2D eigenvalue weighted by atomic mass is 10.0. The standard InChI is InChI=1S/C12H22N2O2.ClH/c1-9-4-2-3-7-14(9)12(15)11-6-5-10(8-13)16-11;/h9-11H,2-8,13H2,1H3;1H/t9?,10-,11+;/m1./s1. The summed E-state index contributed by atoms with van der Waals surface area (Å²) in [5, 5.41) is 0. The summed E-state index contributed by atoms with van der Waals surface area (Å²) in [6.07, 6.45) is 5.12. The van der Waals surface area contributed by atoms with Crippen molar-refractivity contribution in [2.45, 2.75) is 57.3 Å². The molecule has 100 valence electrons. The Kier molecular flexibility index (Phi) is 5.70. The van der Waals surface area contributed by atoms with E-state index < -0.39 is 0 Å². The zero-order chi connectivity index (χ0) is 11.5. The van der Waals surface area contributed by atoms with E-state index in [1.807, 2.05) is 4.90 Å². The van der Waals surface area contributed by atoms with Crippen LogP contribution in [0.25, 0.3) is 0 Å². The first-order chi connectivity index (χ1) is 7.72. The summed E-state index contributed by atoms with van der Waals surface area (Å²) in [7, 11) is 0. The fourth-order valence-corrected chi connectivity index (χ4v) is 2.67. The van der Waals surface area contributed by atoms with Gasteiger partial charge in [-0.2, -0.15) is 0 Å². The summed E-state index contributed by atoms with van der Waals surface area (Å²) in [5.41, 5.74) is 5.55. The second-order valence-corrected chi connectivity index (χ2v) is 4.94. The molecule has 17 heavy (non-hydrogen) atoms. The zero-order valence-corrected chi connectivity index (χ0v) is 11.2. The highest BCUT2D eigenvalue weighted by molar-refractivity contribution is 5.85. The molecule has 2 saturated heterocycles. The highest BCUT2D eigenvalue weighted by atomic mass is 35.5. The summed E-state index contributed by atoms with van der Waals surface area (Å²) in [6, 6.07) is 0.377. The minimum atomic E-state index is -0.228. The van der Waals surface area contributed by atoms with E-state index in [1.165, 1.54) is 6.42 Å². The van der Waals surface area contributed by atoms with Gasteiger partial charge in [-0.1, -0.05) is 0 Å². The summed E-state index contributed by atoms with van der Waals surface area (Å²) in [4.78, 5) is 14.2. The van der Waals surface area contributed by atoms with E-state index in [2.05, 4.69) is 6.92 Å². The molecule has 0 spiro atoms. The second-order valence-electron chi connectivity index (χ2n) is 4.94. The normalized spacial score (nSPS) is 33.3. The lowest BCUT2D eigenvalue weighted by Gasteiger charge is -2.35. The summed E-state index contributed by atoms with van der Waals surface area (Å²) in [6.45, 7) is 3.55. The zero-order valence-electron chi connectivity index (χ0n) is 10.4. The van der Waals surface area contributed by atoms with E-state index in [1.54, 1.807) is 0 Å². The number of nitrogens with two attached hydrogens (primary N) is 1. The maximum atomic E-state index is 12.2. The Bertz CT molecular complexity index is 263. The van der Waals surface area contributed by atoms with Crippen LogP contribution in [0.4, 0.5) is 0 Å². The quantitative estimate of drug-likeness (QED) is 0.817. The van der Waals surface area contributed by atoms with Crippen LogP contribution >= 0.6 is 12.4 Å². The molecular weight excluding hydrogens is 240 g/mol. The Hall–Kier alpha value is -0.320. The van der Waals surface area contributed by atoms with Crippen LogP contribution in [0.1, 0.15) is 39.0 Å². The van der Waals surface area contributed by atoms with Crippen molar-refractivity contribution in [1.29, 1.82) is 0 Å². The summed E-state index contributed by atoms with van der Waals surface area (Å²) in [5.74, 6) is 0.183. The minimum absolute atomic E-state index is 0. The number of carbonyl (C=O) groups excluding carboxylic acids is 1. The Morgan fingerprint density at radius 1 is 1.35 bits per heavy atom. The SMILES string of the molecule is CC1CCCCN1C(=O)[C@@H]1CC[C@H](CN)O1.Cl. The molecule has 1 amide bonds. The third-order valence-electron chi connectivity index (χ3n) is 3.73. The first-order valence-corrected chi connectivity index (χ1v) is 6.38. The fourth-order valence-electron chi connectivity index (χ4n) is 2.67. The molecule has 4 nitrogen and oxygen atoms in total. The number of halogens is 1. The lowest BCUT2D eigenvalue weighted by Crippen LogP contribution is -2.47. The molecule has 0 aromatic rings. The first-order valence-electron chi connectivity index (χ1n) is 6.38. The maximum absolute atomic E-state index is 12.2.